The summed E-state index contributed by atoms with van der Waals surface area (Å²) in [6.45, 7) is 2.09. The molecule has 1 aromatic rings. The van der Waals surface area contributed by atoms with E-state index >= 15 is 0 Å². The Morgan fingerprint density at radius 3 is 2.67 bits per heavy atom. The lowest BCUT2D eigenvalue weighted by Gasteiger charge is -2.36. The van der Waals surface area contributed by atoms with E-state index < -0.39 is 17.4 Å². The lowest BCUT2D eigenvalue weighted by atomic mass is 9.77. The Morgan fingerprint density at radius 1 is 1.50 bits per heavy atom. The maximum absolute atomic E-state index is 11.9. The van der Waals surface area contributed by atoms with E-state index in [9.17, 15) is 14.7 Å². The molecule has 0 saturated heterocycles. The fourth-order valence-corrected chi connectivity index (χ4v) is 2.26. The number of carbonyl (C=O) groups excluding carboxylic acids is 1. The van der Waals surface area contributed by atoms with Crippen molar-refractivity contribution in [2.45, 2.75) is 38.1 Å². The van der Waals surface area contributed by atoms with Crippen molar-refractivity contribution >= 4 is 11.9 Å². The molecule has 0 spiro atoms. The summed E-state index contributed by atoms with van der Waals surface area (Å²) in [5.41, 5.74) is -1.17. The van der Waals surface area contributed by atoms with Crippen LogP contribution in [0.25, 0.3) is 0 Å². The van der Waals surface area contributed by atoms with Crippen LogP contribution in [-0.4, -0.2) is 27.7 Å². The minimum Gasteiger partial charge on any atom is -0.480 e. The highest BCUT2D eigenvalue weighted by Crippen LogP contribution is 2.32. The van der Waals surface area contributed by atoms with Gasteiger partial charge in [-0.3, -0.25) is 4.79 Å². The standard InChI is InChI=1S/C12H16N2O4/c1-8-2-5-12(6-3-8,11(16)17)14-10(15)9-4-7-13-18-9/h4,7-8H,2-3,5-6H2,1H3,(H,14,15)(H,16,17). The van der Waals surface area contributed by atoms with Gasteiger partial charge in [-0.2, -0.15) is 0 Å². The Kier molecular flexibility index (Phi) is 3.36. The summed E-state index contributed by atoms with van der Waals surface area (Å²) >= 11 is 0. The number of nitrogens with zero attached hydrogens (tertiary/aromatic N) is 1. The van der Waals surface area contributed by atoms with Gasteiger partial charge in [-0.15, -0.1) is 0 Å². The van der Waals surface area contributed by atoms with E-state index in [1.807, 2.05) is 0 Å². The maximum Gasteiger partial charge on any atom is 0.329 e. The molecule has 2 N–H and O–H groups in total. The first-order valence-corrected chi connectivity index (χ1v) is 6.00. The number of aliphatic carboxylic acids is 1. The molecule has 6 heteroatoms. The monoisotopic (exact) mass is 252 g/mol. The van der Waals surface area contributed by atoms with E-state index in [2.05, 4.69) is 17.4 Å². The first-order valence-electron chi connectivity index (χ1n) is 6.00. The van der Waals surface area contributed by atoms with E-state index in [0.717, 1.165) is 12.8 Å². The molecule has 1 heterocycles. The number of aromatic nitrogens is 1. The molecule has 0 radical (unpaired) electrons. The average Bonchev–Trinajstić information content (AvgIpc) is 2.85. The highest BCUT2D eigenvalue weighted by molar-refractivity contribution is 5.95. The third-order valence-electron chi connectivity index (χ3n) is 3.55. The molecule has 0 aromatic carbocycles. The fraction of sp³-hybridized carbons (Fsp3) is 0.583. The van der Waals surface area contributed by atoms with Crippen molar-refractivity contribution in [2.24, 2.45) is 5.92 Å². The summed E-state index contributed by atoms with van der Waals surface area (Å²) in [6.07, 6.45) is 3.84. The van der Waals surface area contributed by atoms with Crippen LogP contribution < -0.4 is 5.32 Å². The summed E-state index contributed by atoms with van der Waals surface area (Å²) in [6, 6.07) is 1.41. The van der Waals surface area contributed by atoms with Crippen LogP contribution in [0.2, 0.25) is 0 Å². The van der Waals surface area contributed by atoms with Gasteiger partial charge in [0.1, 0.15) is 5.54 Å². The summed E-state index contributed by atoms with van der Waals surface area (Å²) in [7, 11) is 0. The molecule has 98 valence electrons. The Morgan fingerprint density at radius 2 is 2.17 bits per heavy atom. The van der Waals surface area contributed by atoms with Crippen molar-refractivity contribution in [1.29, 1.82) is 0 Å². The average molecular weight is 252 g/mol. The van der Waals surface area contributed by atoms with E-state index in [1.54, 1.807) is 0 Å². The van der Waals surface area contributed by atoms with Crippen LogP contribution >= 0.6 is 0 Å². The number of amides is 1. The first-order chi connectivity index (χ1) is 8.53. The van der Waals surface area contributed by atoms with Gasteiger partial charge in [-0.05, 0) is 31.6 Å². The van der Waals surface area contributed by atoms with E-state index in [-0.39, 0.29) is 5.76 Å². The number of hydrogen-bond acceptors (Lipinski definition) is 4. The Labute approximate surface area is 104 Å². The van der Waals surface area contributed by atoms with Crippen molar-refractivity contribution in [2.75, 3.05) is 0 Å². The Balaban J connectivity index is 2.12. The second kappa shape index (κ2) is 4.80. The van der Waals surface area contributed by atoms with Crippen molar-refractivity contribution in [3.05, 3.63) is 18.0 Å². The second-order valence-electron chi connectivity index (χ2n) is 4.90. The van der Waals surface area contributed by atoms with Crippen LogP contribution in [0.4, 0.5) is 0 Å². The van der Waals surface area contributed by atoms with Crippen LogP contribution in [0.5, 0.6) is 0 Å². The van der Waals surface area contributed by atoms with Gasteiger partial charge in [-0.25, -0.2) is 4.79 Å². The van der Waals surface area contributed by atoms with Crippen molar-refractivity contribution in [3.63, 3.8) is 0 Å². The minimum atomic E-state index is -1.17. The van der Waals surface area contributed by atoms with Gasteiger partial charge in [-0.1, -0.05) is 12.1 Å². The third kappa shape index (κ3) is 2.37. The molecule has 2 rings (SSSR count). The van der Waals surface area contributed by atoms with Crippen molar-refractivity contribution in [3.8, 4) is 0 Å². The normalized spacial score (nSPS) is 27.7. The molecule has 1 saturated carbocycles. The Hall–Kier alpha value is -1.85. The number of nitrogens with one attached hydrogen (secondary N) is 1. The van der Waals surface area contributed by atoms with Gasteiger partial charge in [0.25, 0.3) is 5.91 Å². The van der Waals surface area contributed by atoms with Crippen LogP contribution in [0.1, 0.15) is 43.2 Å². The zero-order valence-electron chi connectivity index (χ0n) is 10.2. The molecule has 1 fully saturated rings. The summed E-state index contributed by atoms with van der Waals surface area (Å²) < 4.78 is 4.73. The highest BCUT2D eigenvalue weighted by atomic mass is 16.5. The minimum absolute atomic E-state index is 0.0363. The van der Waals surface area contributed by atoms with Gasteiger partial charge in [0.2, 0.25) is 5.76 Å². The van der Waals surface area contributed by atoms with Crippen LogP contribution in [0.3, 0.4) is 0 Å². The van der Waals surface area contributed by atoms with Crippen molar-refractivity contribution in [1.82, 2.24) is 10.5 Å². The highest BCUT2D eigenvalue weighted by Gasteiger charge is 2.43. The summed E-state index contributed by atoms with van der Waals surface area (Å²) in [5.74, 6) is -0.972. The molecule has 1 aromatic heterocycles. The first kappa shape index (κ1) is 12.6. The Bertz CT molecular complexity index is 433. The summed E-state index contributed by atoms with van der Waals surface area (Å²) in [5, 5.41) is 15.4. The van der Waals surface area contributed by atoms with Gasteiger partial charge in [0.05, 0.1) is 6.20 Å². The van der Waals surface area contributed by atoms with E-state index in [0.29, 0.717) is 18.8 Å². The molecule has 1 aliphatic rings. The van der Waals surface area contributed by atoms with Crippen LogP contribution in [-0.2, 0) is 4.79 Å². The molecule has 18 heavy (non-hydrogen) atoms. The van der Waals surface area contributed by atoms with Gasteiger partial charge < -0.3 is 14.9 Å². The SMILES string of the molecule is CC1CCC(NC(=O)c2ccno2)(C(=O)O)CC1. The summed E-state index contributed by atoms with van der Waals surface area (Å²) in [4.78, 5) is 23.3. The predicted octanol–water partition coefficient (Wildman–Crippen LogP) is 1.44. The number of rotatable bonds is 3. The fourth-order valence-electron chi connectivity index (χ4n) is 2.26. The third-order valence-corrected chi connectivity index (χ3v) is 3.55. The largest absolute Gasteiger partial charge is 0.480 e. The molecule has 0 bridgehead atoms. The van der Waals surface area contributed by atoms with Gasteiger partial charge >= 0.3 is 5.97 Å². The number of carboxylic acid groups (broad SMARTS) is 1. The molecule has 6 nitrogen and oxygen atoms in total. The molecule has 1 amide bonds. The van der Waals surface area contributed by atoms with Gasteiger partial charge in [0, 0.05) is 6.07 Å². The van der Waals surface area contributed by atoms with Gasteiger partial charge in [0.15, 0.2) is 0 Å². The predicted molar refractivity (Wildman–Crippen MR) is 62.0 cm³/mol. The molecule has 0 aliphatic heterocycles. The zero-order valence-corrected chi connectivity index (χ0v) is 10.2. The topological polar surface area (TPSA) is 92.4 Å². The zero-order chi connectivity index (χ0) is 13.2. The number of carbonyl (C=O) groups is 2. The molecule has 0 atom stereocenters. The maximum atomic E-state index is 11.9. The van der Waals surface area contributed by atoms with E-state index in [1.165, 1.54) is 12.3 Å². The van der Waals surface area contributed by atoms with Crippen molar-refractivity contribution < 1.29 is 19.2 Å². The van der Waals surface area contributed by atoms with Crippen LogP contribution in [0.15, 0.2) is 16.8 Å². The lowest BCUT2D eigenvalue weighted by molar-refractivity contribution is -0.146. The second-order valence-corrected chi connectivity index (χ2v) is 4.90. The molecular formula is C12H16N2O4. The lowest BCUT2D eigenvalue weighted by Crippen LogP contribution is -2.56. The molecular weight excluding hydrogens is 236 g/mol. The molecule has 0 unspecified atom stereocenters. The quantitative estimate of drug-likeness (QED) is 0.849. The smallest absolute Gasteiger partial charge is 0.329 e. The number of hydrogen-bond donors (Lipinski definition) is 2. The van der Waals surface area contributed by atoms with Crippen LogP contribution in [0, 0.1) is 5.92 Å². The van der Waals surface area contributed by atoms with E-state index in [4.69, 9.17) is 4.52 Å². The molecule has 1 aliphatic carbocycles. The number of carboxylic acids is 1.